The third-order valence-corrected chi connectivity index (χ3v) is 0.556. The van der Waals surface area contributed by atoms with Crippen LogP contribution in [0.1, 0.15) is 0 Å². The Morgan fingerprint density at radius 3 is 1.67 bits per heavy atom. The summed E-state index contributed by atoms with van der Waals surface area (Å²) in [4.78, 5) is 0. The minimum atomic E-state index is 0. The summed E-state index contributed by atoms with van der Waals surface area (Å²) in [6, 6.07) is 10.0. The maximum Gasteiger partial charge on any atom is 0 e. The van der Waals surface area contributed by atoms with Crippen molar-refractivity contribution in [1.82, 2.24) is 0 Å². The topological polar surface area (TPSA) is 0 Å². The Morgan fingerprint density at radius 2 is 1.50 bits per heavy atom. The summed E-state index contributed by atoms with van der Waals surface area (Å²) in [5.41, 5.74) is 0. The molecule has 0 aliphatic carbocycles. The van der Waals surface area contributed by atoms with Gasteiger partial charge in [0, 0.05) is 32.7 Å². The van der Waals surface area contributed by atoms with Gasteiger partial charge in [-0.15, -0.1) is 0 Å². The van der Waals surface area contributed by atoms with Gasteiger partial charge >= 0.3 is 0 Å². The Labute approximate surface area is 62.8 Å². The Hall–Kier alpha value is 0.454. The van der Waals surface area contributed by atoms with E-state index in [0.717, 1.165) is 0 Å². The van der Waals surface area contributed by atoms with Gasteiger partial charge in [-0.2, -0.15) is 18.2 Å². The van der Waals surface area contributed by atoms with Crippen molar-refractivity contribution in [2.45, 2.75) is 0 Å². The molecule has 6 heavy (non-hydrogen) atoms. The van der Waals surface area contributed by atoms with Crippen molar-refractivity contribution in [2.75, 3.05) is 0 Å². The van der Waals surface area contributed by atoms with Crippen molar-refractivity contribution in [3.63, 3.8) is 0 Å². The molecule has 0 bridgehead atoms. The largest absolute Gasteiger partial charge is 0.214 e. The molecule has 0 spiro atoms. The Balaban J connectivity index is 0.000000250. The maximum absolute atomic E-state index is 2.00. The Morgan fingerprint density at radius 1 is 1.00 bits per heavy atom. The van der Waals surface area contributed by atoms with Gasteiger partial charge in [-0.1, -0.05) is 0 Å². The van der Waals surface area contributed by atoms with E-state index >= 15 is 0 Å². The smallest absolute Gasteiger partial charge is 0 e. The first-order chi connectivity index (χ1) is 2.50. The van der Waals surface area contributed by atoms with Gasteiger partial charge in [0.25, 0.3) is 0 Å². The van der Waals surface area contributed by atoms with Crippen LogP contribution in [0.5, 0.6) is 0 Å². The van der Waals surface area contributed by atoms with E-state index < -0.39 is 0 Å². The fraction of sp³-hybridized carbons (Fsp3) is 0. The van der Waals surface area contributed by atoms with Gasteiger partial charge in [0.2, 0.25) is 0 Å². The summed E-state index contributed by atoms with van der Waals surface area (Å²) >= 11 is 0. The molecule has 0 saturated carbocycles. The zero-order valence-corrected chi connectivity index (χ0v) is 6.30. The second-order valence-corrected chi connectivity index (χ2v) is 0.962. The first kappa shape index (κ1) is 6.45. The van der Waals surface area contributed by atoms with E-state index in [0.29, 0.717) is 0 Å². The Bertz CT molecular complexity index is 60.4. The molecule has 1 aromatic carbocycles. The normalized spacial score (nSPS) is 6.67. The fourth-order valence-corrected chi connectivity index (χ4v) is 0.321. The van der Waals surface area contributed by atoms with E-state index in [2.05, 4.69) is 0 Å². The second-order valence-electron chi connectivity index (χ2n) is 0.962. The third kappa shape index (κ3) is 1.79. The van der Waals surface area contributed by atoms with E-state index in [4.69, 9.17) is 0 Å². The first-order valence-corrected chi connectivity index (χ1v) is 1.67. The van der Waals surface area contributed by atoms with E-state index in [9.17, 15) is 0 Å². The van der Waals surface area contributed by atoms with Crippen LogP contribution in [0, 0.1) is 0 Å². The van der Waals surface area contributed by atoms with E-state index in [1.54, 1.807) is 0 Å². The SMILES string of the molecule is [Y].c1cc[cH-]c1. The molecule has 0 amide bonds. The summed E-state index contributed by atoms with van der Waals surface area (Å²) in [7, 11) is 0. The van der Waals surface area contributed by atoms with E-state index in [1.165, 1.54) is 0 Å². The van der Waals surface area contributed by atoms with Crippen LogP contribution in [0.25, 0.3) is 0 Å². The van der Waals surface area contributed by atoms with Crippen molar-refractivity contribution in [3.05, 3.63) is 30.3 Å². The zero-order chi connectivity index (χ0) is 3.54. The average Bonchev–Trinajstić information content (AvgIpc) is 1.76. The summed E-state index contributed by atoms with van der Waals surface area (Å²) in [5.74, 6) is 0. The molecule has 1 aromatic rings. The van der Waals surface area contributed by atoms with Gasteiger partial charge in [-0.25, -0.2) is 12.1 Å². The zero-order valence-electron chi connectivity index (χ0n) is 3.46. The molecule has 0 saturated heterocycles. The Kier molecular flexibility index (Phi) is 3.91. The van der Waals surface area contributed by atoms with Gasteiger partial charge in [0.05, 0.1) is 0 Å². The van der Waals surface area contributed by atoms with Crippen molar-refractivity contribution in [2.24, 2.45) is 0 Å². The van der Waals surface area contributed by atoms with Crippen molar-refractivity contribution >= 4 is 0 Å². The molecule has 0 fully saturated rings. The number of rotatable bonds is 0. The van der Waals surface area contributed by atoms with Gasteiger partial charge in [-0.3, -0.25) is 0 Å². The minimum Gasteiger partial charge on any atom is -0.214 e. The second kappa shape index (κ2) is 3.64. The standard InChI is InChI=1S/C5H5.Y/c1-2-4-5-3-1;/h1-5H;/q-1;. The fourth-order valence-electron chi connectivity index (χ4n) is 0.321. The molecule has 0 nitrogen and oxygen atoms in total. The van der Waals surface area contributed by atoms with Crippen LogP contribution < -0.4 is 0 Å². The van der Waals surface area contributed by atoms with Crippen molar-refractivity contribution in [3.8, 4) is 0 Å². The number of hydrogen-bond donors (Lipinski definition) is 0. The summed E-state index contributed by atoms with van der Waals surface area (Å²) in [5, 5.41) is 0. The van der Waals surface area contributed by atoms with Gasteiger partial charge in [0.15, 0.2) is 0 Å². The van der Waals surface area contributed by atoms with Crippen molar-refractivity contribution in [1.29, 1.82) is 0 Å². The summed E-state index contributed by atoms with van der Waals surface area (Å²) in [6.45, 7) is 0. The van der Waals surface area contributed by atoms with Crippen LogP contribution in [0.2, 0.25) is 0 Å². The molecule has 0 aromatic heterocycles. The molecular formula is C5H5Y-. The van der Waals surface area contributed by atoms with Crippen LogP contribution in [-0.2, 0) is 32.7 Å². The predicted octanol–water partition coefficient (Wildman–Crippen LogP) is 1.40. The third-order valence-electron chi connectivity index (χ3n) is 0.556. The first-order valence-electron chi connectivity index (χ1n) is 1.67. The quantitative estimate of drug-likeness (QED) is 0.495. The summed E-state index contributed by atoms with van der Waals surface area (Å²) in [6.07, 6.45) is 0. The molecular weight excluding hydrogens is 149 g/mol. The minimum absolute atomic E-state index is 0. The molecule has 1 radical (unpaired) electrons. The molecule has 0 atom stereocenters. The monoisotopic (exact) mass is 154 g/mol. The maximum atomic E-state index is 2.00. The molecule has 1 rings (SSSR count). The molecule has 0 heterocycles. The van der Waals surface area contributed by atoms with Gasteiger partial charge in [0.1, 0.15) is 0 Å². The van der Waals surface area contributed by atoms with Gasteiger partial charge < -0.3 is 0 Å². The van der Waals surface area contributed by atoms with Gasteiger partial charge in [-0.05, 0) is 0 Å². The van der Waals surface area contributed by atoms with Crippen LogP contribution in [-0.4, -0.2) is 0 Å². The van der Waals surface area contributed by atoms with Crippen LogP contribution in [0.15, 0.2) is 30.3 Å². The summed E-state index contributed by atoms with van der Waals surface area (Å²) < 4.78 is 0. The predicted molar refractivity (Wildman–Crippen MR) is 22.0 cm³/mol. The average molecular weight is 154 g/mol. The molecule has 0 aliphatic heterocycles. The molecule has 1 heteroatoms. The van der Waals surface area contributed by atoms with Crippen molar-refractivity contribution < 1.29 is 32.7 Å². The van der Waals surface area contributed by atoms with Crippen LogP contribution in [0.3, 0.4) is 0 Å². The van der Waals surface area contributed by atoms with E-state index in [-0.39, 0.29) is 32.7 Å². The van der Waals surface area contributed by atoms with Crippen LogP contribution >= 0.6 is 0 Å². The molecule has 0 aliphatic rings. The number of hydrogen-bond acceptors (Lipinski definition) is 0. The molecule has 0 unspecified atom stereocenters. The van der Waals surface area contributed by atoms with E-state index in [1.807, 2.05) is 30.3 Å². The van der Waals surface area contributed by atoms with Crippen LogP contribution in [0.4, 0.5) is 0 Å². The molecule has 0 N–H and O–H groups in total. The molecule has 29 valence electrons.